The number of hydrogen-bond acceptors (Lipinski definition) is 4. The van der Waals surface area contributed by atoms with Gasteiger partial charge in [0.1, 0.15) is 6.04 Å². The zero-order valence-electron chi connectivity index (χ0n) is 21.2. The highest BCUT2D eigenvalue weighted by molar-refractivity contribution is 7.93. The minimum Gasteiger partial charge on any atom is -0.354 e. The van der Waals surface area contributed by atoms with E-state index in [1.807, 2.05) is 14.1 Å². The second kappa shape index (κ2) is 11.2. The SMILES string of the molecule is CN(C)CCCCNC(=O)[C@@H]1Cc2ccccc2N1S(=O)(=O)c1ccc(-c2ccccc2C(F)(F)F)cc1. The second-order valence-electron chi connectivity index (χ2n) is 9.52. The molecule has 0 aliphatic carbocycles. The number of alkyl halides is 3. The van der Waals surface area contributed by atoms with Crippen molar-refractivity contribution in [1.82, 2.24) is 10.2 Å². The molecule has 10 heteroatoms. The first-order valence-corrected chi connectivity index (χ1v) is 13.8. The Balaban J connectivity index is 1.60. The summed E-state index contributed by atoms with van der Waals surface area (Å²) in [6.45, 7) is 1.31. The number of carbonyl (C=O) groups is 1. The maximum Gasteiger partial charge on any atom is 0.417 e. The van der Waals surface area contributed by atoms with Crippen molar-refractivity contribution < 1.29 is 26.4 Å². The lowest BCUT2D eigenvalue weighted by molar-refractivity contribution is -0.137. The fourth-order valence-corrected chi connectivity index (χ4v) is 6.29. The molecule has 0 unspecified atom stereocenters. The van der Waals surface area contributed by atoms with Gasteiger partial charge < -0.3 is 10.2 Å². The lowest BCUT2D eigenvalue weighted by Gasteiger charge is -2.26. The Labute approximate surface area is 221 Å². The molecule has 1 aliphatic heterocycles. The summed E-state index contributed by atoms with van der Waals surface area (Å²) in [6, 6.07) is 16.4. The van der Waals surface area contributed by atoms with E-state index in [9.17, 15) is 26.4 Å². The van der Waals surface area contributed by atoms with Crippen molar-refractivity contribution in [1.29, 1.82) is 0 Å². The van der Waals surface area contributed by atoms with Crippen LogP contribution in [0.25, 0.3) is 11.1 Å². The lowest BCUT2D eigenvalue weighted by Crippen LogP contribution is -2.48. The molecule has 0 fully saturated rings. The fourth-order valence-electron chi connectivity index (χ4n) is 4.64. The van der Waals surface area contributed by atoms with E-state index in [1.54, 1.807) is 24.3 Å². The lowest BCUT2D eigenvalue weighted by atomic mass is 9.99. The number of rotatable bonds is 9. The highest BCUT2D eigenvalue weighted by Crippen LogP contribution is 2.39. The Bertz CT molecular complexity index is 1390. The monoisotopic (exact) mass is 545 g/mol. The number of fused-ring (bicyclic) bond motifs is 1. The highest BCUT2D eigenvalue weighted by atomic mass is 32.2. The molecule has 0 radical (unpaired) electrons. The minimum absolute atomic E-state index is 0.0398. The zero-order valence-corrected chi connectivity index (χ0v) is 22.0. The molecule has 0 saturated carbocycles. The van der Waals surface area contributed by atoms with Gasteiger partial charge in [0.15, 0.2) is 0 Å². The number of nitrogens with one attached hydrogen (secondary N) is 1. The van der Waals surface area contributed by atoms with Crippen LogP contribution in [-0.2, 0) is 27.4 Å². The average Bonchev–Trinajstić information content (AvgIpc) is 3.28. The van der Waals surface area contributed by atoms with Crippen molar-refractivity contribution in [3.8, 4) is 11.1 Å². The summed E-state index contributed by atoms with van der Waals surface area (Å²) in [5, 5.41) is 2.87. The molecule has 4 rings (SSSR count). The predicted molar refractivity (Wildman–Crippen MR) is 141 cm³/mol. The third-order valence-electron chi connectivity index (χ3n) is 6.51. The number of hydrogen-bond donors (Lipinski definition) is 1. The number of nitrogens with zero attached hydrogens (tertiary/aromatic N) is 2. The number of para-hydroxylation sites is 1. The summed E-state index contributed by atoms with van der Waals surface area (Å²) in [6.07, 6.45) is -2.66. The Morgan fingerprint density at radius 3 is 2.32 bits per heavy atom. The first kappa shape index (κ1) is 27.7. The van der Waals surface area contributed by atoms with Gasteiger partial charge in [-0.25, -0.2) is 8.42 Å². The normalized spacial score (nSPS) is 15.5. The first-order chi connectivity index (χ1) is 18.0. The van der Waals surface area contributed by atoms with Gasteiger partial charge in [0.2, 0.25) is 5.91 Å². The minimum atomic E-state index is -4.55. The molecule has 0 spiro atoms. The molecule has 1 heterocycles. The van der Waals surface area contributed by atoms with Crippen LogP contribution in [0.2, 0.25) is 0 Å². The molecule has 1 amide bonds. The number of halogens is 3. The number of anilines is 1. The van der Waals surface area contributed by atoms with Gasteiger partial charge in [-0.15, -0.1) is 0 Å². The van der Waals surface area contributed by atoms with E-state index < -0.39 is 27.8 Å². The van der Waals surface area contributed by atoms with Crippen LogP contribution >= 0.6 is 0 Å². The zero-order chi connectivity index (χ0) is 27.5. The highest BCUT2D eigenvalue weighted by Gasteiger charge is 2.42. The molecular weight excluding hydrogens is 515 g/mol. The fraction of sp³-hybridized carbons (Fsp3) is 0.321. The van der Waals surface area contributed by atoms with Crippen molar-refractivity contribution in [2.75, 3.05) is 31.5 Å². The van der Waals surface area contributed by atoms with Crippen LogP contribution in [0, 0.1) is 0 Å². The molecule has 1 atom stereocenters. The van der Waals surface area contributed by atoms with Gasteiger partial charge in [-0.1, -0.05) is 48.5 Å². The third-order valence-corrected chi connectivity index (χ3v) is 8.35. The molecule has 0 saturated heterocycles. The quantitative estimate of drug-likeness (QED) is 0.387. The van der Waals surface area contributed by atoms with Crippen LogP contribution in [-0.4, -0.2) is 52.5 Å². The maximum atomic E-state index is 13.8. The molecule has 0 bridgehead atoms. The van der Waals surface area contributed by atoms with Gasteiger partial charge in [-0.3, -0.25) is 9.10 Å². The average molecular weight is 546 g/mol. The Kier molecular flexibility index (Phi) is 8.13. The number of benzene rings is 3. The van der Waals surface area contributed by atoms with Gasteiger partial charge in [-0.05, 0) is 74.4 Å². The third kappa shape index (κ3) is 5.86. The summed E-state index contributed by atoms with van der Waals surface area (Å²) in [7, 11) is -0.245. The van der Waals surface area contributed by atoms with Crippen molar-refractivity contribution in [3.63, 3.8) is 0 Å². The number of carbonyl (C=O) groups excluding carboxylic acids is 1. The topological polar surface area (TPSA) is 69.7 Å². The van der Waals surface area contributed by atoms with Crippen molar-refractivity contribution in [2.24, 2.45) is 0 Å². The molecule has 3 aromatic rings. The maximum absolute atomic E-state index is 13.8. The van der Waals surface area contributed by atoms with Crippen LogP contribution in [0.3, 0.4) is 0 Å². The van der Waals surface area contributed by atoms with Gasteiger partial charge in [-0.2, -0.15) is 13.2 Å². The van der Waals surface area contributed by atoms with E-state index in [2.05, 4.69) is 10.2 Å². The second-order valence-corrected chi connectivity index (χ2v) is 11.3. The van der Waals surface area contributed by atoms with Crippen molar-refractivity contribution in [2.45, 2.75) is 36.4 Å². The van der Waals surface area contributed by atoms with Crippen LogP contribution in [0.15, 0.2) is 77.7 Å². The van der Waals surface area contributed by atoms with E-state index in [1.165, 1.54) is 42.5 Å². The van der Waals surface area contributed by atoms with E-state index >= 15 is 0 Å². The van der Waals surface area contributed by atoms with Crippen LogP contribution < -0.4 is 9.62 Å². The molecule has 1 N–H and O–H groups in total. The Morgan fingerprint density at radius 1 is 0.974 bits per heavy atom. The molecule has 1 aliphatic rings. The van der Waals surface area contributed by atoms with E-state index in [-0.39, 0.29) is 28.4 Å². The van der Waals surface area contributed by atoms with E-state index in [0.717, 1.165) is 35.3 Å². The van der Waals surface area contributed by atoms with Crippen LogP contribution in [0.5, 0.6) is 0 Å². The number of amides is 1. The number of sulfonamides is 1. The van der Waals surface area contributed by atoms with E-state index in [0.29, 0.717) is 12.2 Å². The summed E-state index contributed by atoms with van der Waals surface area (Å²) in [5.74, 6) is -0.384. The predicted octanol–water partition coefficient (Wildman–Crippen LogP) is 4.95. The summed E-state index contributed by atoms with van der Waals surface area (Å²) in [5.41, 5.74) is 0.561. The van der Waals surface area contributed by atoms with Crippen molar-refractivity contribution in [3.05, 3.63) is 83.9 Å². The molecular formula is C28H30F3N3O3S. The van der Waals surface area contributed by atoms with Crippen molar-refractivity contribution >= 4 is 21.6 Å². The molecule has 0 aromatic heterocycles. The Morgan fingerprint density at radius 2 is 1.63 bits per heavy atom. The van der Waals surface area contributed by atoms with Gasteiger partial charge in [0.25, 0.3) is 10.0 Å². The van der Waals surface area contributed by atoms with Gasteiger partial charge >= 0.3 is 6.18 Å². The largest absolute Gasteiger partial charge is 0.417 e. The number of unbranched alkanes of at least 4 members (excludes halogenated alkanes) is 1. The summed E-state index contributed by atoms with van der Waals surface area (Å²) < 4.78 is 69.2. The standard InChI is InChI=1S/C28H30F3N3O3S/c1-33(2)18-8-7-17-32-27(35)26-19-21-9-3-6-12-25(21)34(26)38(36,37)22-15-13-20(14-16-22)23-10-4-5-11-24(23)28(29,30)31/h3-6,9-16,26H,7-8,17-19H2,1-2H3,(H,32,35)/t26-/m0/s1. The molecule has 6 nitrogen and oxygen atoms in total. The molecule has 3 aromatic carbocycles. The Hall–Kier alpha value is -3.37. The van der Waals surface area contributed by atoms with E-state index in [4.69, 9.17) is 0 Å². The van der Waals surface area contributed by atoms with Crippen LogP contribution in [0.1, 0.15) is 24.0 Å². The first-order valence-electron chi connectivity index (χ1n) is 12.3. The molecule has 38 heavy (non-hydrogen) atoms. The van der Waals surface area contributed by atoms with Crippen LogP contribution in [0.4, 0.5) is 18.9 Å². The summed E-state index contributed by atoms with van der Waals surface area (Å²) >= 11 is 0. The smallest absolute Gasteiger partial charge is 0.354 e. The molecule has 202 valence electrons. The summed E-state index contributed by atoms with van der Waals surface area (Å²) in [4.78, 5) is 15.1. The van der Waals surface area contributed by atoms with Gasteiger partial charge in [0, 0.05) is 13.0 Å². The van der Waals surface area contributed by atoms with Gasteiger partial charge in [0.05, 0.1) is 16.1 Å².